The van der Waals surface area contributed by atoms with Gasteiger partial charge in [0.25, 0.3) is 0 Å². The number of aromatic nitrogens is 5. The first-order chi connectivity index (χ1) is 25.4. The van der Waals surface area contributed by atoms with Crippen LogP contribution < -0.4 is 0 Å². The van der Waals surface area contributed by atoms with Gasteiger partial charge in [-0.1, -0.05) is 47.0 Å². The first kappa shape index (κ1) is 38.2. The lowest BCUT2D eigenvalue weighted by Gasteiger charge is -2.21. The molecule has 0 aromatic carbocycles. The van der Waals surface area contributed by atoms with Crippen LogP contribution in [0.5, 0.6) is 11.8 Å². The van der Waals surface area contributed by atoms with E-state index in [1.165, 1.54) is 12.7 Å². The Bertz CT molecular complexity index is 2230. The van der Waals surface area contributed by atoms with Crippen LogP contribution in [0, 0.1) is 20.8 Å². The molecule has 10 heteroatoms. The van der Waals surface area contributed by atoms with E-state index in [9.17, 15) is 15.0 Å². The Morgan fingerprint density at radius 2 is 1.64 bits per heavy atom. The van der Waals surface area contributed by atoms with E-state index in [0.717, 1.165) is 88.5 Å². The van der Waals surface area contributed by atoms with Gasteiger partial charge >= 0.3 is 5.97 Å². The molecule has 6 rings (SSSR count). The van der Waals surface area contributed by atoms with E-state index in [1.807, 2.05) is 6.92 Å². The van der Waals surface area contributed by atoms with E-state index >= 15 is 0 Å². The van der Waals surface area contributed by atoms with Crippen molar-refractivity contribution in [3.8, 4) is 23.0 Å². The molecule has 3 aliphatic rings. The number of H-pyrrole nitrogens is 2. The monoisotopic (exact) mass is 723 g/mol. The zero-order chi connectivity index (χ0) is 38.1. The maximum atomic E-state index is 12.5. The number of carbonyl (C=O) groups excluding carboxylic acids is 1. The van der Waals surface area contributed by atoms with Crippen LogP contribution in [-0.2, 0) is 27.2 Å². The van der Waals surface area contributed by atoms with Gasteiger partial charge < -0.3 is 29.7 Å². The molecule has 4 N–H and O–H groups in total. The van der Waals surface area contributed by atoms with Crippen LogP contribution in [-0.4, -0.2) is 54.4 Å². The zero-order valence-corrected chi connectivity index (χ0v) is 33.0. The van der Waals surface area contributed by atoms with Gasteiger partial charge in [-0.3, -0.25) is 14.3 Å². The summed E-state index contributed by atoms with van der Waals surface area (Å²) in [7, 11) is 1.41. The second kappa shape index (κ2) is 15.8. The first-order valence-electron chi connectivity index (χ1n) is 19.5. The van der Waals surface area contributed by atoms with E-state index in [1.54, 1.807) is 4.57 Å². The van der Waals surface area contributed by atoms with E-state index in [4.69, 9.17) is 19.4 Å². The van der Waals surface area contributed by atoms with Gasteiger partial charge in [-0.25, -0.2) is 4.98 Å². The lowest BCUT2D eigenvalue weighted by Crippen LogP contribution is -2.09. The molecule has 8 bridgehead atoms. The van der Waals surface area contributed by atoms with Crippen LogP contribution in [0.2, 0.25) is 0 Å². The normalized spacial score (nSPS) is 15.9. The number of hydrogen-bond acceptors (Lipinski definition) is 7. The number of rotatable bonds is 13. The van der Waals surface area contributed by atoms with Gasteiger partial charge in [-0.2, -0.15) is 0 Å². The molecule has 0 saturated carbocycles. The number of fused-ring (bicyclic) bond motifs is 8. The predicted molar refractivity (Wildman–Crippen MR) is 212 cm³/mol. The summed E-state index contributed by atoms with van der Waals surface area (Å²) in [5.74, 6) is -0.671. The van der Waals surface area contributed by atoms with Crippen molar-refractivity contribution >= 4 is 38.9 Å². The Morgan fingerprint density at radius 3 is 2.34 bits per heavy atom. The van der Waals surface area contributed by atoms with Crippen LogP contribution in [0.4, 0.5) is 0 Å². The van der Waals surface area contributed by atoms with Crippen molar-refractivity contribution in [2.45, 2.75) is 131 Å². The molecule has 1 unspecified atom stereocenters. The topological polar surface area (TPSA) is 138 Å². The average molecular weight is 724 g/mol. The molecule has 0 spiro atoms. The van der Waals surface area contributed by atoms with Crippen LogP contribution in [0.1, 0.15) is 137 Å². The number of ether oxygens (including phenoxy) is 2. The van der Waals surface area contributed by atoms with Crippen LogP contribution in [0.25, 0.3) is 44.2 Å². The highest BCUT2D eigenvalue weighted by atomic mass is 16.5. The molecule has 6 heterocycles. The largest absolute Gasteiger partial charge is 0.494 e. The molecule has 3 atom stereocenters. The van der Waals surface area contributed by atoms with Gasteiger partial charge in [-0.15, -0.1) is 0 Å². The molecular weight excluding hydrogens is 667 g/mol. The Hall–Kier alpha value is -4.57. The van der Waals surface area contributed by atoms with Crippen molar-refractivity contribution in [2.24, 2.45) is 0 Å². The molecule has 3 aromatic rings. The highest BCUT2D eigenvalue weighted by Gasteiger charge is 2.35. The van der Waals surface area contributed by atoms with Crippen molar-refractivity contribution in [3.05, 3.63) is 57.4 Å². The van der Waals surface area contributed by atoms with Gasteiger partial charge in [-0.05, 0) is 93.8 Å². The van der Waals surface area contributed by atoms with Crippen molar-refractivity contribution in [1.29, 1.82) is 0 Å². The third kappa shape index (κ3) is 6.98. The smallest absolute Gasteiger partial charge is 0.305 e. The van der Waals surface area contributed by atoms with Gasteiger partial charge in [0.1, 0.15) is 0 Å². The van der Waals surface area contributed by atoms with Gasteiger partial charge in [0.2, 0.25) is 11.8 Å². The molecule has 0 radical (unpaired) electrons. The van der Waals surface area contributed by atoms with Gasteiger partial charge in [0, 0.05) is 64.7 Å². The molecule has 0 aliphatic carbocycles. The number of aromatic hydroxyl groups is 2. The number of hydrogen-bond donors (Lipinski definition) is 4. The number of esters is 1. The SMILES string of the molecule is CCCCCCn1c(O)c2c(C)c3cc4[nH]c(cc5[nH]c(cc6nc(c(c-2n3)c1O)[C@@H](CCC(=O)OC)[C@@H]6C)c(C)c5C(C)OCCC)c(C)c4CC. The summed E-state index contributed by atoms with van der Waals surface area (Å²) in [6.07, 6.45) is 6.20. The highest BCUT2D eigenvalue weighted by Crippen LogP contribution is 2.50. The van der Waals surface area contributed by atoms with Crippen molar-refractivity contribution < 1.29 is 24.5 Å². The number of unbranched alkanes of at least 4 members (excludes halogenated alkanes) is 3. The van der Waals surface area contributed by atoms with E-state index < -0.39 is 0 Å². The number of methoxy groups -OCH3 is 1. The number of pyridine rings is 1. The molecular formula is C43H57N5O5. The number of carbonyl (C=O) groups is 1. The maximum Gasteiger partial charge on any atom is 0.305 e. The highest BCUT2D eigenvalue weighted by molar-refractivity contribution is 5.96. The summed E-state index contributed by atoms with van der Waals surface area (Å²) in [5.41, 5.74) is 12.6. The Morgan fingerprint density at radius 1 is 0.906 bits per heavy atom. The summed E-state index contributed by atoms with van der Waals surface area (Å²) in [4.78, 5) is 30.5. The standard InChI is InChI=1S/C43H57N5O5/c1-10-13-14-15-18-48-42(50)38-26(7)33-21-34-28(12-3)23(4)30(44-34)22-35-37(27(8)53-19-11-2)25(6)32(45-35)20-31-24(5)29(16-17-36(49)52-9)40(46-31)39(43(48)51)41(38)47-33/h20-22,24,27,29,44-45,50-51H,10-19H2,1-9H3/t24-,27?,29-/m0/s1. The molecule has 284 valence electrons. The van der Waals surface area contributed by atoms with Gasteiger partial charge in [0.05, 0.1) is 41.1 Å². The third-order valence-corrected chi connectivity index (χ3v) is 11.5. The van der Waals surface area contributed by atoms with E-state index in [2.05, 4.69) is 76.6 Å². The van der Waals surface area contributed by atoms with Crippen molar-refractivity contribution in [3.63, 3.8) is 0 Å². The summed E-state index contributed by atoms with van der Waals surface area (Å²) in [5, 5.41) is 24.6. The van der Waals surface area contributed by atoms with E-state index in [0.29, 0.717) is 47.4 Å². The fraction of sp³-hybridized carbons (Fsp3) is 0.512. The lowest BCUT2D eigenvalue weighted by molar-refractivity contribution is -0.140. The van der Waals surface area contributed by atoms with Crippen molar-refractivity contribution in [1.82, 2.24) is 24.5 Å². The zero-order valence-electron chi connectivity index (χ0n) is 33.0. The molecule has 0 amide bonds. The summed E-state index contributed by atoms with van der Waals surface area (Å²) >= 11 is 0. The molecule has 0 saturated heterocycles. The fourth-order valence-corrected chi connectivity index (χ4v) is 8.36. The second-order valence-corrected chi connectivity index (χ2v) is 14.9. The number of nitrogens with zero attached hydrogens (tertiary/aromatic N) is 3. The molecule has 10 nitrogen and oxygen atoms in total. The van der Waals surface area contributed by atoms with Gasteiger partial charge in [0.15, 0.2) is 0 Å². The minimum Gasteiger partial charge on any atom is -0.494 e. The second-order valence-electron chi connectivity index (χ2n) is 14.9. The fourth-order valence-electron chi connectivity index (χ4n) is 8.36. The molecule has 0 fully saturated rings. The maximum absolute atomic E-state index is 12.5. The average Bonchev–Trinajstić information content (AvgIpc) is 3.82. The van der Waals surface area contributed by atoms with Crippen LogP contribution in [0.3, 0.4) is 0 Å². The minimum atomic E-state index is -0.296. The molecule has 3 aromatic heterocycles. The number of aryl methyl sites for hydroxylation is 4. The Labute approximate surface area is 312 Å². The summed E-state index contributed by atoms with van der Waals surface area (Å²) < 4.78 is 13.0. The Balaban J connectivity index is 1.79. The van der Waals surface area contributed by atoms with E-state index in [-0.39, 0.29) is 42.1 Å². The third-order valence-electron chi connectivity index (χ3n) is 11.5. The predicted octanol–water partition coefficient (Wildman–Crippen LogP) is 10.3. The molecule has 3 aliphatic heterocycles. The van der Waals surface area contributed by atoms with Crippen LogP contribution in [0.15, 0.2) is 18.2 Å². The summed E-state index contributed by atoms with van der Waals surface area (Å²) in [6, 6.07) is 6.36. The minimum absolute atomic E-state index is 0.00223. The van der Waals surface area contributed by atoms with Crippen molar-refractivity contribution in [2.75, 3.05) is 13.7 Å². The number of aromatic amines is 2. The number of nitrogens with one attached hydrogen (secondary N) is 2. The van der Waals surface area contributed by atoms with Crippen LogP contribution >= 0.6 is 0 Å². The lowest BCUT2D eigenvalue weighted by atomic mass is 9.85. The Kier molecular flexibility index (Phi) is 11.4. The molecule has 53 heavy (non-hydrogen) atoms. The quantitative estimate of drug-likeness (QED) is 0.0700. The summed E-state index contributed by atoms with van der Waals surface area (Å²) in [6.45, 7) is 18.0. The first-order valence-corrected chi connectivity index (χ1v) is 19.5.